The normalized spacial score (nSPS) is 15.8. The molecule has 0 aliphatic heterocycles. The largest absolute Gasteiger partial charge is 0.415 e. The maximum Gasteiger partial charge on any atom is 0.216 e. The van der Waals surface area contributed by atoms with Gasteiger partial charge in [0.25, 0.3) is 0 Å². The summed E-state index contributed by atoms with van der Waals surface area (Å²) in [6, 6.07) is 0. The summed E-state index contributed by atoms with van der Waals surface area (Å²) in [7, 11) is -5.34. The minimum Gasteiger partial charge on any atom is -0.415 e. The van der Waals surface area contributed by atoms with Gasteiger partial charge in [-0.25, -0.2) is 0 Å². The first-order valence-electron chi connectivity index (χ1n) is 7.36. The van der Waals surface area contributed by atoms with E-state index in [1.54, 1.807) is 0 Å². The summed E-state index contributed by atoms with van der Waals surface area (Å²) in [6.45, 7) is 27.9. The zero-order valence-electron chi connectivity index (χ0n) is 15.0. The third kappa shape index (κ3) is 5.11. The predicted octanol–water partition coefficient (Wildman–Crippen LogP) is 4.83. The van der Waals surface area contributed by atoms with Crippen molar-refractivity contribution in [2.24, 2.45) is 0 Å². The van der Waals surface area contributed by atoms with Gasteiger partial charge in [0.2, 0.25) is 16.6 Å². The van der Waals surface area contributed by atoms with Gasteiger partial charge in [0.15, 0.2) is 0 Å². The van der Waals surface area contributed by atoms with Gasteiger partial charge in [-0.2, -0.15) is 0 Å². The molecule has 0 aromatic heterocycles. The van der Waals surface area contributed by atoms with E-state index in [-0.39, 0.29) is 11.0 Å². The second kappa shape index (κ2) is 6.44. The van der Waals surface area contributed by atoms with E-state index in [1.807, 2.05) is 5.70 Å². The van der Waals surface area contributed by atoms with Gasteiger partial charge in [-0.15, -0.1) is 13.2 Å². The molecular formula is C15H34O2Si3. The maximum atomic E-state index is 6.54. The second-order valence-electron chi connectivity index (χ2n) is 7.72. The van der Waals surface area contributed by atoms with Gasteiger partial charge in [-0.1, -0.05) is 24.5 Å². The molecule has 0 bridgehead atoms. The van der Waals surface area contributed by atoms with Crippen LogP contribution in [0.15, 0.2) is 24.6 Å². The lowest BCUT2D eigenvalue weighted by Crippen LogP contribution is -2.61. The van der Waals surface area contributed by atoms with Crippen molar-refractivity contribution >= 4 is 24.7 Å². The molecule has 0 saturated carbocycles. The Morgan fingerprint density at radius 2 is 1.40 bits per heavy atom. The fourth-order valence-electron chi connectivity index (χ4n) is 1.72. The monoisotopic (exact) mass is 330 g/mol. The second-order valence-corrected chi connectivity index (χ2v) is 20.9. The zero-order valence-corrected chi connectivity index (χ0v) is 18.0. The van der Waals surface area contributed by atoms with Crippen LogP contribution in [0.25, 0.3) is 0 Å². The van der Waals surface area contributed by atoms with Crippen LogP contribution in [0.4, 0.5) is 0 Å². The molecule has 1 unspecified atom stereocenters. The molecule has 0 aromatic rings. The molecule has 0 rings (SSSR count). The number of hydrogen-bond acceptors (Lipinski definition) is 2. The van der Waals surface area contributed by atoms with Crippen molar-refractivity contribution in [1.29, 1.82) is 0 Å². The number of hydrogen-bond donors (Lipinski definition) is 0. The summed E-state index contributed by atoms with van der Waals surface area (Å²) < 4.78 is 13.0. The van der Waals surface area contributed by atoms with E-state index < -0.39 is 24.7 Å². The van der Waals surface area contributed by atoms with Crippen molar-refractivity contribution in [3.8, 4) is 0 Å². The fraction of sp³-hybridized carbons (Fsp3) is 0.733. The van der Waals surface area contributed by atoms with E-state index in [1.165, 1.54) is 0 Å². The van der Waals surface area contributed by atoms with E-state index >= 15 is 0 Å². The molecule has 5 heteroatoms. The Morgan fingerprint density at radius 3 is 1.75 bits per heavy atom. The van der Waals surface area contributed by atoms with E-state index in [4.69, 9.17) is 8.85 Å². The first-order valence-corrected chi connectivity index (χ1v) is 16.4. The van der Waals surface area contributed by atoms with Crippen LogP contribution in [0.5, 0.6) is 0 Å². The Balaban J connectivity index is 5.12. The van der Waals surface area contributed by atoms with Crippen molar-refractivity contribution in [3.05, 3.63) is 24.6 Å². The molecule has 1 atom stereocenters. The van der Waals surface area contributed by atoms with Gasteiger partial charge in [-0.05, 0) is 47.0 Å². The highest BCUT2D eigenvalue weighted by Crippen LogP contribution is 2.31. The molecule has 0 saturated heterocycles. The SMILES string of the molecule is C=C[Si](C)(C)OC(C)(C)[Si](C)(C)OC(C)[Si](C)(C)C=C. The Hall–Kier alpha value is 0.0506. The third-order valence-electron chi connectivity index (χ3n) is 4.50. The molecule has 0 amide bonds. The molecule has 0 aromatic carbocycles. The van der Waals surface area contributed by atoms with Gasteiger partial charge >= 0.3 is 0 Å². The minimum absolute atomic E-state index is 0.225. The summed E-state index contributed by atoms with van der Waals surface area (Å²) in [5.74, 6) is 0. The molecule has 118 valence electrons. The molecule has 0 spiro atoms. The quantitative estimate of drug-likeness (QED) is 0.593. The molecule has 0 aliphatic carbocycles. The Morgan fingerprint density at radius 1 is 0.950 bits per heavy atom. The molecule has 0 N–H and O–H groups in total. The van der Waals surface area contributed by atoms with Crippen LogP contribution < -0.4 is 0 Å². The molecule has 0 heterocycles. The lowest BCUT2D eigenvalue weighted by molar-refractivity contribution is 0.133. The van der Waals surface area contributed by atoms with E-state index in [2.05, 4.69) is 78.9 Å². The Bertz CT molecular complexity index is 360. The predicted molar refractivity (Wildman–Crippen MR) is 98.6 cm³/mol. The molecule has 20 heavy (non-hydrogen) atoms. The lowest BCUT2D eigenvalue weighted by atomic mass is 10.5. The van der Waals surface area contributed by atoms with Crippen molar-refractivity contribution < 1.29 is 8.85 Å². The van der Waals surface area contributed by atoms with Gasteiger partial charge in [0, 0.05) is 5.73 Å². The maximum absolute atomic E-state index is 6.54. The summed E-state index contributed by atoms with van der Waals surface area (Å²) in [5.41, 5.74) is 4.36. The van der Waals surface area contributed by atoms with Crippen LogP contribution in [-0.2, 0) is 8.85 Å². The van der Waals surface area contributed by atoms with E-state index in [0.717, 1.165) is 0 Å². The summed E-state index contributed by atoms with van der Waals surface area (Å²) >= 11 is 0. The first-order chi connectivity index (χ1) is 8.71. The van der Waals surface area contributed by atoms with Crippen LogP contribution in [0.2, 0.25) is 39.3 Å². The van der Waals surface area contributed by atoms with Gasteiger partial charge in [0.05, 0.1) is 5.22 Å². The van der Waals surface area contributed by atoms with Crippen LogP contribution in [-0.4, -0.2) is 35.7 Å². The highest BCUT2D eigenvalue weighted by atomic mass is 28.4. The van der Waals surface area contributed by atoms with E-state index in [9.17, 15) is 0 Å². The lowest BCUT2D eigenvalue weighted by Gasteiger charge is -2.46. The Kier molecular flexibility index (Phi) is 6.45. The van der Waals surface area contributed by atoms with Crippen molar-refractivity contribution in [1.82, 2.24) is 0 Å². The van der Waals surface area contributed by atoms with Gasteiger partial charge in [0.1, 0.15) is 8.07 Å². The topological polar surface area (TPSA) is 18.5 Å². The standard InChI is InChI=1S/C15H34O2Si3/c1-12-18(6,7)14(3)16-20(10,11)15(4,5)17-19(8,9)13-2/h12-14H,1-2H2,3-11H3. The van der Waals surface area contributed by atoms with Gasteiger partial charge in [-0.3, -0.25) is 0 Å². The highest BCUT2D eigenvalue weighted by Gasteiger charge is 2.47. The average Bonchev–Trinajstić information content (AvgIpc) is 2.26. The highest BCUT2D eigenvalue weighted by molar-refractivity contribution is 6.85. The van der Waals surface area contributed by atoms with Crippen LogP contribution in [0.1, 0.15) is 20.8 Å². The molecule has 0 radical (unpaired) electrons. The van der Waals surface area contributed by atoms with Crippen molar-refractivity contribution in [2.75, 3.05) is 0 Å². The van der Waals surface area contributed by atoms with Crippen molar-refractivity contribution in [2.45, 2.75) is 71.0 Å². The molecule has 0 aliphatic rings. The minimum atomic E-state index is -1.99. The van der Waals surface area contributed by atoms with Crippen LogP contribution in [0.3, 0.4) is 0 Å². The van der Waals surface area contributed by atoms with Crippen LogP contribution >= 0.6 is 0 Å². The Labute approximate surface area is 129 Å². The zero-order chi connectivity index (χ0) is 16.4. The summed E-state index contributed by atoms with van der Waals surface area (Å²) in [5, 5.41) is -0.225. The van der Waals surface area contributed by atoms with Crippen LogP contribution in [0, 0.1) is 0 Å². The van der Waals surface area contributed by atoms with Gasteiger partial charge < -0.3 is 8.85 Å². The van der Waals surface area contributed by atoms with E-state index in [0.29, 0.717) is 0 Å². The summed E-state index contributed by atoms with van der Waals surface area (Å²) in [4.78, 5) is 0. The molecule has 2 nitrogen and oxygen atoms in total. The smallest absolute Gasteiger partial charge is 0.216 e. The van der Waals surface area contributed by atoms with Crippen molar-refractivity contribution in [3.63, 3.8) is 0 Å². The fourth-order valence-corrected chi connectivity index (χ4v) is 8.49. The first kappa shape index (κ1) is 20.1. The molecule has 0 fully saturated rings. The average molecular weight is 331 g/mol. The number of rotatable bonds is 8. The third-order valence-corrected chi connectivity index (χ3v) is 14.2. The summed E-state index contributed by atoms with van der Waals surface area (Å²) in [6.07, 6.45) is 0. The molecular weight excluding hydrogens is 296 g/mol.